The maximum Gasteiger partial charge on any atom is 0.270 e. The van der Waals surface area contributed by atoms with Crippen molar-refractivity contribution in [2.45, 2.75) is 44.7 Å². The van der Waals surface area contributed by atoms with Crippen LogP contribution in [-0.4, -0.2) is 28.9 Å². The van der Waals surface area contributed by atoms with Crippen LogP contribution < -0.4 is 16.4 Å². The highest BCUT2D eigenvalue weighted by Gasteiger charge is 2.20. The molecule has 0 bridgehead atoms. The van der Waals surface area contributed by atoms with Crippen LogP contribution in [0.5, 0.6) is 0 Å². The monoisotopic (exact) mass is 276 g/mol. The van der Waals surface area contributed by atoms with Crippen LogP contribution in [0.2, 0.25) is 0 Å². The molecule has 0 spiro atoms. The minimum Gasteiger partial charge on any atom is -0.348 e. The number of rotatable bonds is 3. The van der Waals surface area contributed by atoms with Gasteiger partial charge < -0.3 is 16.4 Å². The summed E-state index contributed by atoms with van der Waals surface area (Å²) in [5, 5.41) is 5.58. The lowest BCUT2D eigenvalue weighted by molar-refractivity contribution is -0.114. The summed E-state index contributed by atoms with van der Waals surface area (Å²) in [7, 11) is 0. The predicted octanol–water partition coefficient (Wildman–Crippen LogP) is 1.04. The Hall–Kier alpha value is -1.95. The number of pyridine rings is 1. The van der Waals surface area contributed by atoms with E-state index in [1.165, 1.54) is 13.1 Å². The molecule has 0 unspecified atom stereocenters. The summed E-state index contributed by atoms with van der Waals surface area (Å²) in [4.78, 5) is 27.0. The molecule has 6 nitrogen and oxygen atoms in total. The molecule has 1 aliphatic rings. The van der Waals surface area contributed by atoms with Crippen molar-refractivity contribution in [2.75, 3.05) is 5.32 Å². The zero-order valence-electron chi connectivity index (χ0n) is 11.6. The molecule has 1 aliphatic carbocycles. The number of aromatic nitrogens is 1. The molecular weight excluding hydrogens is 256 g/mol. The smallest absolute Gasteiger partial charge is 0.270 e. The summed E-state index contributed by atoms with van der Waals surface area (Å²) in [6.45, 7) is 1.43. The molecule has 1 saturated carbocycles. The number of nitrogens with one attached hydrogen (secondary N) is 2. The molecule has 1 fully saturated rings. The third kappa shape index (κ3) is 4.03. The highest BCUT2D eigenvalue weighted by Crippen LogP contribution is 2.17. The topological polar surface area (TPSA) is 97.1 Å². The van der Waals surface area contributed by atoms with Gasteiger partial charge in [0.2, 0.25) is 5.91 Å². The normalized spacial score (nSPS) is 22.1. The number of carbonyl (C=O) groups excluding carboxylic acids is 2. The molecule has 4 N–H and O–H groups in total. The average molecular weight is 276 g/mol. The second-order valence-electron chi connectivity index (χ2n) is 5.20. The lowest BCUT2D eigenvalue weighted by atomic mass is 9.92. The highest BCUT2D eigenvalue weighted by atomic mass is 16.2. The van der Waals surface area contributed by atoms with Crippen molar-refractivity contribution in [1.29, 1.82) is 0 Å². The van der Waals surface area contributed by atoms with Gasteiger partial charge in [-0.25, -0.2) is 4.98 Å². The van der Waals surface area contributed by atoms with Gasteiger partial charge >= 0.3 is 0 Å². The molecule has 1 aromatic rings. The van der Waals surface area contributed by atoms with E-state index in [1.807, 2.05) is 0 Å². The largest absolute Gasteiger partial charge is 0.348 e. The highest BCUT2D eigenvalue weighted by molar-refractivity contribution is 5.93. The van der Waals surface area contributed by atoms with E-state index in [9.17, 15) is 9.59 Å². The molecule has 0 atom stereocenters. The van der Waals surface area contributed by atoms with Gasteiger partial charge in [0.25, 0.3) is 5.91 Å². The predicted molar refractivity (Wildman–Crippen MR) is 76.2 cm³/mol. The van der Waals surface area contributed by atoms with Crippen LogP contribution in [0.3, 0.4) is 0 Å². The Balaban J connectivity index is 1.90. The number of anilines is 1. The molecule has 2 rings (SSSR count). The Morgan fingerprint density at radius 2 is 1.95 bits per heavy atom. The zero-order chi connectivity index (χ0) is 14.5. The van der Waals surface area contributed by atoms with Crippen molar-refractivity contribution in [1.82, 2.24) is 10.3 Å². The van der Waals surface area contributed by atoms with Gasteiger partial charge in [-0.15, -0.1) is 0 Å². The van der Waals surface area contributed by atoms with Gasteiger partial charge in [0.1, 0.15) is 5.69 Å². The van der Waals surface area contributed by atoms with E-state index in [-0.39, 0.29) is 23.9 Å². The first-order chi connectivity index (χ1) is 9.54. The summed E-state index contributed by atoms with van der Waals surface area (Å²) in [6.07, 6.45) is 5.19. The molecule has 2 amide bonds. The van der Waals surface area contributed by atoms with E-state index in [1.54, 1.807) is 12.1 Å². The first kappa shape index (κ1) is 14.5. The van der Waals surface area contributed by atoms with Crippen LogP contribution in [0.15, 0.2) is 18.3 Å². The van der Waals surface area contributed by atoms with Gasteiger partial charge in [0.05, 0.1) is 11.9 Å². The first-order valence-electron chi connectivity index (χ1n) is 6.84. The second kappa shape index (κ2) is 6.47. The van der Waals surface area contributed by atoms with Gasteiger partial charge in [-0.3, -0.25) is 9.59 Å². The van der Waals surface area contributed by atoms with Crippen molar-refractivity contribution in [2.24, 2.45) is 5.73 Å². The third-order valence-corrected chi connectivity index (χ3v) is 3.42. The fourth-order valence-electron chi connectivity index (χ4n) is 2.33. The molecule has 1 heterocycles. The molecule has 0 radical (unpaired) electrons. The Morgan fingerprint density at radius 3 is 2.50 bits per heavy atom. The summed E-state index contributed by atoms with van der Waals surface area (Å²) >= 11 is 0. The van der Waals surface area contributed by atoms with Crippen molar-refractivity contribution in [3.63, 3.8) is 0 Å². The number of nitrogens with two attached hydrogens (primary N) is 1. The Bertz CT molecular complexity index is 478. The number of hydrogen-bond donors (Lipinski definition) is 3. The van der Waals surface area contributed by atoms with Crippen molar-refractivity contribution < 1.29 is 9.59 Å². The second-order valence-corrected chi connectivity index (χ2v) is 5.20. The van der Waals surface area contributed by atoms with Gasteiger partial charge in [-0.1, -0.05) is 0 Å². The molecule has 0 aliphatic heterocycles. The molecule has 1 aromatic heterocycles. The molecule has 0 aromatic carbocycles. The van der Waals surface area contributed by atoms with Crippen molar-refractivity contribution in [3.05, 3.63) is 24.0 Å². The number of carbonyl (C=O) groups is 2. The SMILES string of the molecule is CC(=O)Nc1ccc(C(=O)NC2CCC(N)CC2)nc1. The van der Waals surface area contributed by atoms with Crippen LogP contribution >= 0.6 is 0 Å². The van der Waals surface area contributed by atoms with Crippen LogP contribution in [-0.2, 0) is 4.79 Å². The van der Waals surface area contributed by atoms with Gasteiger partial charge in [0.15, 0.2) is 0 Å². The number of amides is 2. The van der Waals surface area contributed by atoms with E-state index in [2.05, 4.69) is 15.6 Å². The maximum atomic E-state index is 12.0. The van der Waals surface area contributed by atoms with Crippen LogP contribution in [0.1, 0.15) is 43.1 Å². The van der Waals surface area contributed by atoms with Crippen molar-refractivity contribution >= 4 is 17.5 Å². The molecular formula is C14H20N4O2. The van der Waals surface area contributed by atoms with E-state index < -0.39 is 0 Å². The summed E-state index contributed by atoms with van der Waals surface area (Å²) in [5.74, 6) is -0.345. The quantitative estimate of drug-likeness (QED) is 0.768. The Kier molecular flexibility index (Phi) is 4.68. The lowest BCUT2D eigenvalue weighted by Crippen LogP contribution is -2.40. The third-order valence-electron chi connectivity index (χ3n) is 3.42. The molecule has 6 heteroatoms. The van der Waals surface area contributed by atoms with E-state index >= 15 is 0 Å². The Labute approximate surface area is 118 Å². The molecule has 108 valence electrons. The summed E-state index contributed by atoms with van der Waals surface area (Å²) < 4.78 is 0. The standard InChI is InChI=1S/C14H20N4O2/c1-9(19)17-12-6-7-13(16-8-12)14(20)18-11-4-2-10(15)3-5-11/h6-8,10-11H,2-5,15H2,1H3,(H,17,19)(H,18,20). The fourth-order valence-corrected chi connectivity index (χ4v) is 2.33. The fraction of sp³-hybridized carbons (Fsp3) is 0.500. The van der Waals surface area contributed by atoms with E-state index in [0.29, 0.717) is 11.4 Å². The summed E-state index contributed by atoms with van der Waals surface area (Å²) in [5.41, 5.74) is 6.77. The van der Waals surface area contributed by atoms with Gasteiger partial charge in [0, 0.05) is 19.0 Å². The van der Waals surface area contributed by atoms with Crippen LogP contribution in [0.25, 0.3) is 0 Å². The van der Waals surface area contributed by atoms with Crippen molar-refractivity contribution in [3.8, 4) is 0 Å². The maximum absolute atomic E-state index is 12.0. The van der Waals surface area contributed by atoms with Gasteiger partial charge in [-0.2, -0.15) is 0 Å². The zero-order valence-corrected chi connectivity index (χ0v) is 11.6. The Morgan fingerprint density at radius 1 is 1.25 bits per heavy atom. The number of nitrogens with zero attached hydrogens (tertiary/aromatic N) is 1. The summed E-state index contributed by atoms with van der Waals surface area (Å²) in [6, 6.07) is 3.72. The average Bonchev–Trinajstić information content (AvgIpc) is 2.41. The minimum absolute atomic E-state index is 0.164. The van der Waals surface area contributed by atoms with Crippen LogP contribution in [0, 0.1) is 0 Å². The molecule has 20 heavy (non-hydrogen) atoms. The lowest BCUT2D eigenvalue weighted by Gasteiger charge is -2.26. The number of hydrogen-bond acceptors (Lipinski definition) is 4. The minimum atomic E-state index is -0.181. The first-order valence-corrected chi connectivity index (χ1v) is 6.84. The van der Waals surface area contributed by atoms with E-state index in [4.69, 9.17) is 5.73 Å². The van der Waals surface area contributed by atoms with Gasteiger partial charge in [-0.05, 0) is 37.8 Å². The van der Waals surface area contributed by atoms with Crippen LogP contribution in [0.4, 0.5) is 5.69 Å². The van der Waals surface area contributed by atoms with E-state index in [0.717, 1.165) is 25.7 Å². The molecule has 0 saturated heterocycles.